The minimum Gasteiger partial charge on any atom is -0.387 e. The van der Waals surface area contributed by atoms with E-state index in [-0.39, 0.29) is 11.2 Å². The van der Waals surface area contributed by atoms with Crippen LogP contribution in [0.2, 0.25) is 0 Å². The van der Waals surface area contributed by atoms with Gasteiger partial charge in [0.1, 0.15) is 9.84 Å². The molecule has 0 amide bonds. The Bertz CT molecular complexity index is 565. The number of hydrogen-bond acceptors (Lipinski definition) is 4. The number of rotatable bonds is 4. The van der Waals surface area contributed by atoms with Crippen molar-refractivity contribution in [2.24, 2.45) is 13.0 Å². The van der Waals surface area contributed by atoms with Crippen LogP contribution in [0.15, 0.2) is 6.07 Å². The van der Waals surface area contributed by atoms with Crippen molar-refractivity contribution in [1.82, 2.24) is 9.78 Å². The molecule has 0 aromatic carbocycles. The maximum atomic E-state index is 11.7. The lowest BCUT2D eigenvalue weighted by Crippen LogP contribution is -2.30. The summed E-state index contributed by atoms with van der Waals surface area (Å²) in [7, 11) is -1.19. The Balaban J connectivity index is 2.16. The number of aliphatic hydroxyl groups excluding tert-OH is 1. The zero-order chi connectivity index (χ0) is 14.9. The number of sulfone groups is 1. The monoisotopic (exact) mass is 300 g/mol. The molecule has 1 aliphatic rings. The van der Waals surface area contributed by atoms with Crippen molar-refractivity contribution in [3.63, 3.8) is 0 Å². The highest BCUT2D eigenvalue weighted by Crippen LogP contribution is 2.36. The van der Waals surface area contributed by atoms with Gasteiger partial charge in [-0.25, -0.2) is 8.42 Å². The average molecular weight is 300 g/mol. The lowest BCUT2D eigenvalue weighted by atomic mass is 9.83. The zero-order valence-corrected chi connectivity index (χ0v) is 13.2. The summed E-state index contributed by atoms with van der Waals surface area (Å²) < 4.78 is 25.1. The molecule has 1 fully saturated rings. The molecular weight excluding hydrogens is 276 g/mol. The fraction of sp³-hybridized carbons (Fsp3) is 0.786. The van der Waals surface area contributed by atoms with Gasteiger partial charge in [-0.3, -0.25) is 4.68 Å². The molecule has 3 atom stereocenters. The van der Waals surface area contributed by atoms with Gasteiger partial charge in [-0.05, 0) is 37.7 Å². The van der Waals surface area contributed by atoms with Gasteiger partial charge in [-0.15, -0.1) is 0 Å². The highest BCUT2D eigenvalue weighted by atomic mass is 32.2. The lowest BCUT2D eigenvalue weighted by molar-refractivity contribution is 0.0786. The van der Waals surface area contributed by atoms with Gasteiger partial charge in [0.25, 0.3) is 0 Å². The fourth-order valence-electron chi connectivity index (χ4n) is 3.09. The molecule has 0 bridgehead atoms. The Morgan fingerprint density at radius 3 is 2.75 bits per heavy atom. The van der Waals surface area contributed by atoms with Crippen molar-refractivity contribution in [2.45, 2.75) is 50.4 Å². The standard InChI is InChI=1S/C14H24N2O3S/c1-4-11-9-13(16(2)15-11)14(17)10-6-5-7-12(8-10)20(3,18)19/h9-10,12,14,17H,4-8H2,1-3H3. The Morgan fingerprint density at radius 2 is 2.20 bits per heavy atom. The minimum atomic E-state index is -3.02. The highest BCUT2D eigenvalue weighted by Gasteiger charge is 2.34. The third-order valence-corrected chi connectivity index (χ3v) is 5.99. The number of nitrogens with zero attached hydrogens (tertiary/aromatic N) is 2. The van der Waals surface area contributed by atoms with Crippen molar-refractivity contribution >= 4 is 9.84 Å². The first-order valence-corrected chi connectivity index (χ1v) is 9.18. The van der Waals surface area contributed by atoms with Gasteiger partial charge in [0.05, 0.1) is 22.7 Å². The fourth-order valence-corrected chi connectivity index (χ4v) is 4.28. The van der Waals surface area contributed by atoms with Crippen LogP contribution in [-0.4, -0.2) is 34.8 Å². The second kappa shape index (κ2) is 5.85. The quantitative estimate of drug-likeness (QED) is 0.917. The lowest BCUT2D eigenvalue weighted by Gasteiger charge is -2.31. The van der Waals surface area contributed by atoms with Gasteiger partial charge in [-0.2, -0.15) is 5.10 Å². The van der Waals surface area contributed by atoms with Crippen molar-refractivity contribution in [3.05, 3.63) is 17.5 Å². The van der Waals surface area contributed by atoms with Gasteiger partial charge < -0.3 is 5.11 Å². The molecule has 1 N–H and O–H groups in total. The summed E-state index contributed by atoms with van der Waals surface area (Å²) in [6, 6.07) is 1.93. The van der Waals surface area contributed by atoms with Gasteiger partial charge >= 0.3 is 0 Å². The van der Waals surface area contributed by atoms with E-state index in [9.17, 15) is 13.5 Å². The molecule has 2 rings (SSSR count). The molecule has 1 aliphatic carbocycles. The van der Waals surface area contributed by atoms with E-state index in [4.69, 9.17) is 0 Å². The van der Waals surface area contributed by atoms with E-state index < -0.39 is 15.9 Å². The van der Waals surface area contributed by atoms with Crippen LogP contribution >= 0.6 is 0 Å². The maximum absolute atomic E-state index is 11.7. The number of aryl methyl sites for hydroxylation is 2. The minimum absolute atomic E-state index is 0.00332. The van der Waals surface area contributed by atoms with Gasteiger partial charge in [0, 0.05) is 13.3 Å². The molecule has 6 heteroatoms. The summed E-state index contributed by atoms with van der Waals surface area (Å²) in [4.78, 5) is 0. The third-order valence-electron chi connectivity index (χ3n) is 4.35. The smallest absolute Gasteiger partial charge is 0.150 e. The maximum Gasteiger partial charge on any atom is 0.150 e. The second-order valence-corrected chi connectivity index (χ2v) is 8.19. The van der Waals surface area contributed by atoms with Crippen LogP contribution in [-0.2, 0) is 23.3 Å². The van der Waals surface area contributed by atoms with Crippen LogP contribution in [0.5, 0.6) is 0 Å². The largest absolute Gasteiger partial charge is 0.387 e. The summed E-state index contributed by atoms with van der Waals surface area (Å²) >= 11 is 0. The van der Waals surface area contributed by atoms with E-state index in [0.29, 0.717) is 12.8 Å². The zero-order valence-electron chi connectivity index (χ0n) is 12.4. The Labute approximate surface area is 120 Å². The molecule has 0 spiro atoms. The van der Waals surface area contributed by atoms with E-state index in [2.05, 4.69) is 5.10 Å². The SMILES string of the molecule is CCc1cc(C(O)C2CCCC(S(C)(=O)=O)C2)n(C)n1. The van der Waals surface area contributed by atoms with Crippen LogP contribution in [0, 0.1) is 5.92 Å². The van der Waals surface area contributed by atoms with Crippen molar-refractivity contribution in [2.75, 3.05) is 6.26 Å². The summed E-state index contributed by atoms with van der Waals surface area (Å²) in [6.45, 7) is 2.03. The van der Waals surface area contributed by atoms with E-state index in [0.717, 1.165) is 30.7 Å². The van der Waals surface area contributed by atoms with Gasteiger partial charge in [-0.1, -0.05) is 13.3 Å². The van der Waals surface area contributed by atoms with Crippen molar-refractivity contribution < 1.29 is 13.5 Å². The molecule has 1 aromatic heterocycles. The molecule has 0 saturated heterocycles. The molecule has 5 nitrogen and oxygen atoms in total. The molecule has 1 aromatic rings. The second-order valence-electron chi connectivity index (χ2n) is 5.86. The van der Waals surface area contributed by atoms with Crippen molar-refractivity contribution in [3.8, 4) is 0 Å². The van der Waals surface area contributed by atoms with Crippen LogP contribution in [0.25, 0.3) is 0 Å². The molecule has 1 heterocycles. The summed E-state index contributed by atoms with van der Waals surface area (Å²) in [6.07, 6.45) is 4.50. The highest BCUT2D eigenvalue weighted by molar-refractivity contribution is 7.91. The van der Waals surface area contributed by atoms with E-state index in [1.165, 1.54) is 6.26 Å². The predicted molar refractivity (Wildman–Crippen MR) is 78.1 cm³/mol. The molecule has 20 heavy (non-hydrogen) atoms. The normalized spacial score (nSPS) is 25.6. The summed E-state index contributed by atoms with van der Waals surface area (Å²) in [5.74, 6) is 0.00332. The Morgan fingerprint density at radius 1 is 1.50 bits per heavy atom. The summed E-state index contributed by atoms with van der Waals surface area (Å²) in [5, 5.41) is 14.6. The third kappa shape index (κ3) is 3.23. The average Bonchev–Trinajstić information content (AvgIpc) is 2.78. The molecule has 3 unspecified atom stereocenters. The van der Waals surface area contributed by atoms with Crippen LogP contribution in [0.4, 0.5) is 0 Å². The molecule has 1 saturated carbocycles. The molecular formula is C14H24N2O3S. The van der Waals surface area contributed by atoms with Gasteiger partial charge in [0.15, 0.2) is 0 Å². The Hall–Kier alpha value is -0.880. The van der Waals surface area contributed by atoms with E-state index >= 15 is 0 Å². The van der Waals surface area contributed by atoms with E-state index in [1.807, 2.05) is 20.0 Å². The first-order valence-electron chi connectivity index (χ1n) is 7.22. The van der Waals surface area contributed by atoms with Crippen LogP contribution in [0.3, 0.4) is 0 Å². The van der Waals surface area contributed by atoms with Crippen molar-refractivity contribution in [1.29, 1.82) is 0 Å². The molecule has 0 radical (unpaired) electrons. The number of aliphatic hydroxyl groups is 1. The Kier molecular flexibility index (Phi) is 4.54. The molecule has 0 aliphatic heterocycles. The number of aromatic nitrogens is 2. The van der Waals surface area contributed by atoms with Gasteiger partial charge in [0.2, 0.25) is 0 Å². The summed E-state index contributed by atoms with van der Waals surface area (Å²) in [5.41, 5.74) is 1.75. The van der Waals surface area contributed by atoms with Crippen LogP contribution < -0.4 is 0 Å². The first kappa shape index (κ1) is 15.5. The molecule has 114 valence electrons. The topological polar surface area (TPSA) is 72.2 Å². The van der Waals surface area contributed by atoms with Crippen LogP contribution in [0.1, 0.15) is 50.1 Å². The predicted octanol–water partition coefficient (Wildman–Crippen LogP) is 1.62. The van der Waals surface area contributed by atoms with E-state index in [1.54, 1.807) is 4.68 Å². The first-order chi connectivity index (χ1) is 9.32. The number of hydrogen-bond donors (Lipinski definition) is 1.